The van der Waals surface area contributed by atoms with Gasteiger partial charge in [-0.2, -0.15) is 0 Å². The Hall–Kier alpha value is -0.870. The van der Waals surface area contributed by atoms with Crippen molar-refractivity contribution in [2.24, 2.45) is 5.92 Å². The molecule has 0 aromatic carbocycles. The molecular formula is C15H22O4. The second-order valence-corrected chi connectivity index (χ2v) is 5.84. The van der Waals surface area contributed by atoms with Gasteiger partial charge in [-0.15, -0.1) is 0 Å². The second-order valence-electron chi connectivity index (χ2n) is 5.84. The summed E-state index contributed by atoms with van der Waals surface area (Å²) in [5.74, 6) is -0.319. The standard InChI is InChI=1S/C15H22O4/c1-2-15(7-3-4-8-15)18-10-17-14(16)12-9-11-5-6-13(12)19-11/h5-6,11-13H,2-4,7-10H2,1H3. The van der Waals surface area contributed by atoms with Gasteiger partial charge in [-0.1, -0.05) is 31.9 Å². The topological polar surface area (TPSA) is 44.8 Å². The van der Waals surface area contributed by atoms with Gasteiger partial charge in [0.2, 0.25) is 0 Å². The van der Waals surface area contributed by atoms with Crippen LogP contribution in [0.4, 0.5) is 0 Å². The number of carbonyl (C=O) groups excluding carboxylic acids is 1. The Labute approximate surface area is 114 Å². The van der Waals surface area contributed by atoms with E-state index in [1.807, 2.05) is 12.2 Å². The smallest absolute Gasteiger partial charge is 0.314 e. The normalized spacial score (nSPS) is 34.9. The minimum atomic E-state index is -0.180. The van der Waals surface area contributed by atoms with Gasteiger partial charge in [0.25, 0.3) is 0 Å². The number of rotatable bonds is 5. The molecule has 0 N–H and O–H groups in total. The van der Waals surface area contributed by atoms with Gasteiger partial charge in [0.1, 0.15) is 0 Å². The molecule has 4 nitrogen and oxygen atoms in total. The van der Waals surface area contributed by atoms with Crippen LogP contribution in [0.5, 0.6) is 0 Å². The summed E-state index contributed by atoms with van der Waals surface area (Å²) in [6.45, 7) is 2.23. The number of hydrogen-bond acceptors (Lipinski definition) is 4. The molecule has 0 spiro atoms. The first-order valence-electron chi connectivity index (χ1n) is 7.37. The Morgan fingerprint density at radius 2 is 2.16 bits per heavy atom. The molecule has 2 fully saturated rings. The average molecular weight is 266 g/mol. The summed E-state index contributed by atoms with van der Waals surface area (Å²) in [4.78, 5) is 12.0. The molecule has 4 heteroatoms. The molecule has 3 rings (SSSR count). The molecule has 106 valence electrons. The van der Waals surface area contributed by atoms with E-state index in [4.69, 9.17) is 14.2 Å². The Balaban J connectivity index is 1.45. The molecule has 1 aliphatic carbocycles. The highest BCUT2D eigenvalue weighted by atomic mass is 16.7. The van der Waals surface area contributed by atoms with Crippen LogP contribution in [0.3, 0.4) is 0 Å². The Kier molecular flexibility index (Phi) is 3.63. The Morgan fingerprint density at radius 1 is 1.37 bits per heavy atom. The van der Waals surface area contributed by atoms with Crippen molar-refractivity contribution in [3.05, 3.63) is 12.2 Å². The zero-order valence-corrected chi connectivity index (χ0v) is 11.5. The van der Waals surface area contributed by atoms with Crippen molar-refractivity contribution in [1.82, 2.24) is 0 Å². The minimum Gasteiger partial charge on any atom is -0.438 e. The Morgan fingerprint density at radius 3 is 2.74 bits per heavy atom. The highest BCUT2D eigenvalue weighted by Crippen LogP contribution is 2.37. The highest BCUT2D eigenvalue weighted by Gasteiger charge is 2.42. The summed E-state index contributed by atoms with van der Waals surface area (Å²) in [7, 11) is 0. The van der Waals surface area contributed by atoms with Crippen LogP contribution >= 0.6 is 0 Å². The quantitative estimate of drug-likeness (QED) is 0.436. The van der Waals surface area contributed by atoms with Crippen molar-refractivity contribution in [3.8, 4) is 0 Å². The second kappa shape index (κ2) is 5.25. The molecule has 3 atom stereocenters. The van der Waals surface area contributed by atoms with Crippen molar-refractivity contribution in [3.63, 3.8) is 0 Å². The molecule has 0 radical (unpaired) electrons. The average Bonchev–Trinajstić information content (AvgIpc) is 3.15. The lowest BCUT2D eigenvalue weighted by molar-refractivity contribution is -0.178. The molecule has 3 unspecified atom stereocenters. The lowest BCUT2D eigenvalue weighted by atomic mass is 9.95. The van der Waals surface area contributed by atoms with Crippen molar-refractivity contribution in [1.29, 1.82) is 0 Å². The lowest BCUT2D eigenvalue weighted by Crippen LogP contribution is -2.32. The highest BCUT2D eigenvalue weighted by molar-refractivity contribution is 5.74. The first kappa shape index (κ1) is 13.1. The molecule has 0 amide bonds. The van der Waals surface area contributed by atoms with Gasteiger partial charge in [-0.25, -0.2) is 0 Å². The molecular weight excluding hydrogens is 244 g/mol. The summed E-state index contributed by atoms with van der Waals surface area (Å²) in [5, 5.41) is 0. The molecule has 1 saturated heterocycles. The van der Waals surface area contributed by atoms with E-state index < -0.39 is 0 Å². The predicted octanol–water partition coefficient (Wildman–Crippen LogP) is 2.57. The Bertz CT molecular complexity index is 370. The minimum absolute atomic E-state index is 0.0502. The van der Waals surface area contributed by atoms with E-state index in [1.54, 1.807) is 0 Å². The van der Waals surface area contributed by atoms with Gasteiger partial charge in [0, 0.05) is 0 Å². The molecule has 0 aromatic heterocycles. The number of fused-ring (bicyclic) bond motifs is 2. The maximum Gasteiger partial charge on any atom is 0.314 e. The van der Waals surface area contributed by atoms with E-state index in [0.29, 0.717) is 0 Å². The van der Waals surface area contributed by atoms with Crippen LogP contribution in [0.25, 0.3) is 0 Å². The molecule has 2 bridgehead atoms. The van der Waals surface area contributed by atoms with E-state index in [1.165, 1.54) is 12.8 Å². The van der Waals surface area contributed by atoms with Gasteiger partial charge in [0.05, 0.1) is 23.7 Å². The van der Waals surface area contributed by atoms with Gasteiger partial charge in [0.15, 0.2) is 6.79 Å². The number of ether oxygens (including phenoxy) is 3. The van der Waals surface area contributed by atoms with Crippen LogP contribution in [0.1, 0.15) is 45.4 Å². The third-order valence-electron chi connectivity index (χ3n) is 4.76. The molecule has 2 heterocycles. The van der Waals surface area contributed by atoms with Crippen molar-refractivity contribution < 1.29 is 19.0 Å². The van der Waals surface area contributed by atoms with Gasteiger partial charge < -0.3 is 14.2 Å². The van der Waals surface area contributed by atoms with Crippen LogP contribution in [0, 0.1) is 5.92 Å². The van der Waals surface area contributed by atoms with E-state index in [-0.39, 0.29) is 36.5 Å². The molecule has 1 saturated carbocycles. The SMILES string of the molecule is CCC1(OCOC(=O)C2CC3C=CC2O3)CCCC1. The molecule has 19 heavy (non-hydrogen) atoms. The summed E-state index contributed by atoms with van der Waals surface area (Å²) >= 11 is 0. The van der Waals surface area contributed by atoms with E-state index in [9.17, 15) is 4.79 Å². The lowest BCUT2D eigenvalue weighted by Gasteiger charge is -2.27. The fourth-order valence-corrected chi connectivity index (χ4v) is 3.44. The molecule has 3 aliphatic rings. The van der Waals surface area contributed by atoms with E-state index in [2.05, 4.69) is 6.92 Å². The summed E-state index contributed by atoms with van der Waals surface area (Å²) in [6.07, 6.45) is 10.4. The van der Waals surface area contributed by atoms with Crippen LogP contribution < -0.4 is 0 Å². The summed E-state index contributed by atoms with van der Waals surface area (Å²) in [6, 6.07) is 0. The van der Waals surface area contributed by atoms with E-state index in [0.717, 1.165) is 25.7 Å². The summed E-state index contributed by atoms with van der Waals surface area (Å²) < 4.78 is 16.7. The van der Waals surface area contributed by atoms with Gasteiger partial charge >= 0.3 is 5.97 Å². The third kappa shape index (κ3) is 2.56. The fourth-order valence-electron chi connectivity index (χ4n) is 3.44. The third-order valence-corrected chi connectivity index (χ3v) is 4.76. The predicted molar refractivity (Wildman–Crippen MR) is 69.4 cm³/mol. The molecule has 0 aromatic rings. The number of hydrogen-bond donors (Lipinski definition) is 0. The zero-order valence-electron chi connectivity index (χ0n) is 11.5. The van der Waals surface area contributed by atoms with E-state index >= 15 is 0 Å². The zero-order chi connectivity index (χ0) is 13.3. The van der Waals surface area contributed by atoms with Crippen molar-refractivity contribution in [2.45, 2.75) is 63.3 Å². The first-order valence-corrected chi connectivity index (χ1v) is 7.37. The number of esters is 1. The first-order chi connectivity index (χ1) is 9.22. The van der Waals surface area contributed by atoms with Gasteiger partial charge in [-0.3, -0.25) is 4.79 Å². The maximum absolute atomic E-state index is 12.0. The van der Waals surface area contributed by atoms with Crippen LogP contribution in [-0.2, 0) is 19.0 Å². The van der Waals surface area contributed by atoms with Crippen LogP contribution in [0.15, 0.2) is 12.2 Å². The van der Waals surface area contributed by atoms with Crippen LogP contribution in [-0.4, -0.2) is 30.6 Å². The number of carbonyl (C=O) groups is 1. The van der Waals surface area contributed by atoms with Crippen molar-refractivity contribution in [2.75, 3.05) is 6.79 Å². The largest absolute Gasteiger partial charge is 0.438 e. The van der Waals surface area contributed by atoms with Gasteiger partial charge in [-0.05, 0) is 25.7 Å². The molecule has 2 aliphatic heterocycles. The fraction of sp³-hybridized carbons (Fsp3) is 0.800. The van der Waals surface area contributed by atoms with Crippen LogP contribution in [0.2, 0.25) is 0 Å². The maximum atomic E-state index is 12.0. The van der Waals surface area contributed by atoms with Crippen molar-refractivity contribution >= 4 is 5.97 Å². The summed E-state index contributed by atoms with van der Waals surface area (Å²) in [5.41, 5.74) is -0.0502. The monoisotopic (exact) mass is 266 g/mol.